The van der Waals surface area contributed by atoms with E-state index < -0.39 is 5.97 Å². The van der Waals surface area contributed by atoms with E-state index in [0.29, 0.717) is 5.41 Å². The van der Waals surface area contributed by atoms with Gasteiger partial charge < -0.3 is 5.11 Å². The van der Waals surface area contributed by atoms with Crippen LogP contribution < -0.4 is 0 Å². The van der Waals surface area contributed by atoms with E-state index in [1.807, 2.05) is 6.08 Å². The van der Waals surface area contributed by atoms with Gasteiger partial charge in [0.05, 0.1) is 6.42 Å². The van der Waals surface area contributed by atoms with E-state index in [4.69, 9.17) is 5.11 Å². The number of allylic oxidation sites excluding steroid dienone is 1. The monoisotopic (exact) mass is 234 g/mol. The van der Waals surface area contributed by atoms with Crippen LogP contribution in [0.5, 0.6) is 0 Å². The van der Waals surface area contributed by atoms with Crippen molar-refractivity contribution in [2.75, 3.05) is 0 Å². The fraction of sp³-hybridized carbons (Fsp3) is 0.800. The zero-order chi connectivity index (χ0) is 11.9. The molecule has 4 rings (SSSR count). The zero-order valence-corrected chi connectivity index (χ0v) is 10.4. The quantitative estimate of drug-likeness (QED) is 0.754. The molecule has 1 N–H and O–H groups in total. The Morgan fingerprint density at radius 1 is 1.06 bits per heavy atom. The largest absolute Gasteiger partial charge is 0.481 e. The van der Waals surface area contributed by atoms with Gasteiger partial charge in [-0.2, -0.15) is 0 Å². The van der Waals surface area contributed by atoms with Crippen LogP contribution in [-0.4, -0.2) is 11.1 Å². The van der Waals surface area contributed by atoms with Gasteiger partial charge in [-0.3, -0.25) is 4.79 Å². The maximum atomic E-state index is 10.5. The van der Waals surface area contributed by atoms with Crippen molar-refractivity contribution in [3.8, 4) is 0 Å². The summed E-state index contributed by atoms with van der Waals surface area (Å²) in [7, 11) is 0. The lowest BCUT2D eigenvalue weighted by Crippen LogP contribution is -2.45. The molecule has 4 bridgehead atoms. The maximum Gasteiger partial charge on any atom is 0.307 e. The molecule has 0 atom stereocenters. The van der Waals surface area contributed by atoms with Crippen molar-refractivity contribution < 1.29 is 9.90 Å². The SMILES string of the molecule is O=C(O)C/C=C/CC12CC3CC(CC(C3)C1)C2. The molecule has 0 aliphatic heterocycles. The van der Waals surface area contributed by atoms with Gasteiger partial charge in [0.1, 0.15) is 0 Å². The molecule has 0 radical (unpaired) electrons. The van der Waals surface area contributed by atoms with Crippen molar-refractivity contribution in [3.63, 3.8) is 0 Å². The van der Waals surface area contributed by atoms with Gasteiger partial charge in [-0.15, -0.1) is 0 Å². The Bertz CT molecular complexity index is 308. The smallest absolute Gasteiger partial charge is 0.307 e. The summed E-state index contributed by atoms with van der Waals surface area (Å²) < 4.78 is 0. The van der Waals surface area contributed by atoms with Crippen LogP contribution in [0, 0.1) is 23.2 Å². The van der Waals surface area contributed by atoms with Crippen LogP contribution in [0.3, 0.4) is 0 Å². The summed E-state index contributed by atoms with van der Waals surface area (Å²) in [6.45, 7) is 0. The number of rotatable bonds is 4. The minimum atomic E-state index is -0.716. The van der Waals surface area contributed by atoms with E-state index >= 15 is 0 Å². The fourth-order valence-corrected chi connectivity index (χ4v) is 5.06. The number of carboxylic acid groups (broad SMARTS) is 1. The van der Waals surface area contributed by atoms with Crippen LogP contribution in [0.1, 0.15) is 51.4 Å². The standard InChI is InChI=1S/C15H22O2/c16-14(17)3-1-2-4-15-8-11-5-12(9-15)7-13(6-11)10-15/h1-2,11-13H,3-10H2,(H,16,17)/b2-1+. The number of aliphatic carboxylic acids is 1. The average Bonchev–Trinajstić information content (AvgIpc) is 2.22. The fourth-order valence-electron chi connectivity index (χ4n) is 5.06. The van der Waals surface area contributed by atoms with Crippen LogP contribution in [0.15, 0.2) is 12.2 Å². The highest BCUT2D eigenvalue weighted by molar-refractivity contribution is 5.68. The predicted octanol–water partition coefficient (Wildman–Crippen LogP) is 3.62. The molecular formula is C15H22O2. The molecule has 0 aromatic carbocycles. The van der Waals surface area contributed by atoms with Crippen molar-refractivity contribution in [2.45, 2.75) is 51.4 Å². The van der Waals surface area contributed by atoms with E-state index in [9.17, 15) is 4.79 Å². The summed E-state index contributed by atoms with van der Waals surface area (Å²) >= 11 is 0. The van der Waals surface area contributed by atoms with Crippen LogP contribution in [-0.2, 0) is 4.79 Å². The molecule has 4 saturated carbocycles. The first-order chi connectivity index (χ1) is 8.15. The molecular weight excluding hydrogens is 212 g/mol. The Labute approximate surface area is 103 Å². The van der Waals surface area contributed by atoms with Gasteiger partial charge >= 0.3 is 5.97 Å². The first kappa shape index (κ1) is 11.3. The van der Waals surface area contributed by atoms with Gasteiger partial charge in [-0.25, -0.2) is 0 Å². The lowest BCUT2D eigenvalue weighted by atomic mass is 9.49. The molecule has 0 saturated heterocycles. The van der Waals surface area contributed by atoms with E-state index in [0.717, 1.165) is 24.2 Å². The van der Waals surface area contributed by atoms with Crippen LogP contribution >= 0.6 is 0 Å². The molecule has 17 heavy (non-hydrogen) atoms. The van der Waals surface area contributed by atoms with Gasteiger partial charge in [0.2, 0.25) is 0 Å². The van der Waals surface area contributed by atoms with Gasteiger partial charge in [0.15, 0.2) is 0 Å². The second kappa shape index (κ2) is 4.15. The topological polar surface area (TPSA) is 37.3 Å². The highest BCUT2D eigenvalue weighted by Gasteiger charge is 2.49. The molecule has 0 aromatic heterocycles. The Kier molecular flexibility index (Phi) is 2.76. The summed E-state index contributed by atoms with van der Waals surface area (Å²) in [5.41, 5.74) is 0.559. The summed E-state index contributed by atoms with van der Waals surface area (Å²) in [5.74, 6) is 2.27. The first-order valence-electron chi connectivity index (χ1n) is 7.02. The number of carbonyl (C=O) groups is 1. The van der Waals surface area contributed by atoms with Crippen LogP contribution in [0.4, 0.5) is 0 Å². The normalized spacial score (nSPS) is 43.4. The average molecular weight is 234 g/mol. The van der Waals surface area contributed by atoms with E-state index in [-0.39, 0.29) is 6.42 Å². The van der Waals surface area contributed by atoms with Crippen molar-refractivity contribution >= 4 is 5.97 Å². The van der Waals surface area contributed by atoms with Gasteiger partial charge in [0, 0.05) is 0 Å². The van der Waals surface area contributed by atoms with E-state index in [1.165, 1.54) is 38.5 Å². The van der Waals surface area contributed by atoms with Crippen LogP contribution in [0.25, 0.3) is 0 Å². The van der Waals surface area contributed by atoms with Gasteiger partial charge in [-0.05, 0) is 68.1 Å². The Hall–Kier alpha value is -0.790. The molecule has 4 aliphatic rings. The minimum absolute atomic E-state index is 0.187. The molecule has 2 nitrogen and oxygen atoms in total. The molecule has 0 heterocycles. The second-order valence-corrected chi connectivity index (χ2v) is 6.69. The first-order valence-corrected chi connectivity index (χ1v) is 7.02. The summed E-state index contributed by atoms with van der Waals surface area (Å²) in [6.07, 6.45) is 14.0. The summed E-state index contributed by atoms with van der Waals surface area (Å²) in [4.78, 5) is 10.5. The minimum Gasteiger partial charge on any atom is -0.481 e. The second-order valence-electron chi connectivity index (χ2n) is 6.69. The predicted molar refractivity (Wildman–Crippen MR) is 66.6 cm³/mol. The molecule has 94 valence electrons. The van der Waals surface area contributed by atoms with Crippen molar-refractivity contribution in [1.29, 1.82) is 0 Å². The van der Waals surface area contributed by atoms with Crippen molar-refractivity contribution in [1.82, 2.24) is 0 Å². The lowest BCUT2D eigenvalue weighted by molar-refractivity contribution is -0.136. The zero-order valence-electron chi connectivity index (χ0n) is 10.4. The number of carboxylic acids is 1. The summed E-state index contributed by atoms with van der Waals surface area (Å²) in [6, 6.07) is 0. The van der Waals surface area contributed by atoms with Crippen molar-refractivity contribution in [2.24, 2.45) is 23.2 Å². The third-order valence-corrected chi connectivity index (χ3v) is 5.18. The number of hydrogen-bond donors (Lipinski definition) is 1. The Morgan fingerprint density at radius 2 is 1.59 bits per heavy atom. The van der Waals surface area contributed by atoms with E-state index in [2.05, 4.69) is 6.08 Å². The molecule has 0 spiro atoms. The maximum absolute atomic E-state index is 10.5. The van der Waals surface area contributed by atoms with E-state index in [1.54, 1.807) is 0 Å². The molecule has 0 unspecified atom stereocenters. The molecule has 0 aromatic rings. The Balaban J connectivity index is 1.62. The van der Waals surface area contributed by atoms with Gasteiger partial charge in [0.25, 0.3) is 0 Å². The highest BCUT2D eigenvalue weighted by Crippen LogP contribution is 2.61. The highest BCUT2D eigenvalue weighted by atomic mass is 16.4. The number of hydrogen-bond acceptors (Lipinski definition) is 1. The van der Waals surface area contributed by atoms with Crippen LogP contribution in [0.2, 0.25) is 0 Å². The summed E-state index contributed by atoms with van der Waals surface area (Å²) in [5, 5.41) is 8.62. The van der Waals surface area contributed by atoms with Gasteiger partial charge in [-0.1, -0.05) is 12.2 Å². The molecule has 2 heteroatoms. The van der Waals surface area contributed by atoms with Crippen molar-refractivity contribution in [3.05, 3.63) is 12.2 Å². The third kappa shape index (κ3) is 2.27. The molecule has 4 aliphatic carbocycles. The third-order valence-electron chi connectivity index (χ3n) is 5.18. The molecule has 4 fully saturated rings. The Morgan fingerprint density at radius 3 is 2.06 bits per heavy atom. The molecule has 0 amide bonds. The lowest BCUT2D eigenvalue weighted by Gasteiger charge is -2.56.